The van der Waals surface area contributed by atoms with Gasteiger partial charge in [-0.1, -0.05) is 18.2 Å². The van der Waals surface area contributed by atoms with Crippen molar-refractivity contribution in [1.82, 2.24) is 9.78 Å². The summed E-state index contributed by atoms with van der Waals surface area (Å²) in [6, 6.07) is 7.12. The summed E-state index contributed by atoms with van der Waals surface area (Å²) >= 11 is 0. The molecule has 1 aromatic carbocycles. The number of para-hydroxylation sites is 1. The van der Waals surface area contributed by atoms with Gasteiger partial charge in [0.1, 0.15) is 5.54 Å². The maximum absolute atomic E-state index is 11.7. The van der Waals surface area contributed by atoms with Gasteiger partial charge >= 0.3 is 5.97 Å². The van der Waals surface area contributed by atoms with Gasteiger partial charge in [0.05, 0.1) is 12.6 Å². The van der Waals surface area contributed by atoms with Crippen LogP contribution in [0.1, 0.15) is 24.3 Å². The van der Waals surface area contributed by atoms with Crippen molar-refractivity contribution in [2.24, 2.45) is 5.73 Å². The van der Waals surface area contributed by atoms with E-state index < -0.39 is 17.4 Å². The number of ether oxygens (including phenoxy) is 1. The molecule has 0 saturated carbocycles. The second-order valence-corrected chi connectivity index (χ2v) is 4.69. The molecule has 1 aromatic heterocycles. The first-order chi connectivity index (χ1) is 8.89. The molecule has 0 bridgehead atoms. The van der Waals surface area contributed by atoms with E-state index in [9.17, 15) is 9.59 Å². The average molecular weight is 261 g/mol. The van der Waals surface area contributed by atoms with Gasteiger partial charge in [0, 0.05) is 5.39 Å². The number of fused-ring (bicyclic) bond motifs is 1. The maximum Gasteiger partial charge on any atom is 0.359 e. The summed E-state index contributed by atoms with van der Waals surface area (Å²) in [5, 5.41) is 4.82. The highest BCUT2D eigenvalue weighted by Crippen LogP contribution is 2.25. The van der Waals surface area contributed by atoms with Gasteiger partial charge in [-0.15, -0.1) is 0 Å². The first kappa shape index (κ1) is 13.1. The fourth-order valence-corrected chi connectivity index (χ4v) is 1.84. The third-order valence-electron chi connectivity index (χ3n) is 3.10. The number of nitrogens with two attached hydrogens (primary N) is 1. The van der Waals surface area contributed by atoms with Crippen LogP contribution in [0.15, 0.2) is 24.3 Å². The van der Waals surface area contributed by atoms with E-state index >= 15 is 0 Å². The second-order valence-electron chi connectivity index (χ2n) is 4.69. The zero-order valence-electron chi connectivity index (χ0n) is 11.0. The molecule has 0 atom stereocenters. The molecule has 2 aromatic rings. The van der Waals surface area contributed by atoms with Crippen molar-refractivity contribution < 1.29 is 14.3 Å². The highest BCUT2D eigenvalue weighted by atomic mass is 16.5. The van der Waals surface area contributed by atoms with Crippen molar-refractivity contribution in [2.45, 2.75) is 19.4 Å². The second kappa shape index (κ2) is 4.38. The quantitative estimate of drug-likeness (QED) is 0.836. The van der Waals surface area contributed by atoms with E-state index in [1.165, 1.54) is 11.8 Å². The van der Waals surface area contributed by atoms with Crippen molar-refractivity contribution in [1.29, 1.82) is 0 Å². The molecule has 19 heavy (non-hydrogen) atoms. The predicted octanol–water partition coefficient (Wildman–Crippen LogP) is 1.04. The molecule has 0 radical (unpaired) electrons. The lowest BCUT2D eigenvalue weighted by Gasteiger charge is -2.22. The van der Waals surface area contributed by atoms with E-state index in [2.05, 4.69) is 5.10 Å². The van der Waals surface area contributed by atoms with Crippen LogP contribution in [0.25, 0.3) is 10.9 Å². The molecule has 2 N–H and O–H groups in total. The van der Waals surface area contributed by atoms with Gasteiger partial charge in [-0.25, -0.2) is 9.48 Å². The Bertz CT molecular complexity index is 658. The number of nitrogens with zero attached hydrogens (tertiary/aromatic N) is 2. The smallest absolute Gasteiger partial charge is 0.359 e. The number of rotatable bonds is 3. The van der Waals surface area contributed by atoms with E-state index in [1.54, 1.807) is 38.1 Å². The molecule has 0 spiro atoms. The van der Waals surface area contributed by atoms with Crippen LogP contribution < -0.4 is 5.73 Å². The predicted molar refractivity (Wildman–Crippen MR) is 69.6 cm³/mol. The molecule has 0 aliphatic heterocycles. The van der Waals surface area contributed by atoms with E-state index in [1.807, 2.05) is 0 Å². The number of amides is 1. The molecule has 0 saturated heterocycles. The Kier molecular flexibility index (Phi) is 3.01. The molecule has 6 heteroatoms. The summed E-state index contributed by atoms with van der Waals surface area (Å²) in [5.74, 6) is -1.08. The SMILES string of the molecule is COC(=O)c1nn(C(C)(C)C(N)=O)c2ccccc12. The highest BCUT2D eigenvalue weighted by molar-refractivity contribution is 6.02. The number of carbonyl (C=O) groups is 2. The number of primary amides is 1. The molecule has 0 unspecified atom stereocenters. The molecular weight excluding hydrogens is 246 g/mol. The molecule has 1 heterocycles. The molecule has 0 fully saturated rings. The fraction of sp³-hybridized carbons (Fsp3) is 0.308. The fourth-order valence-electron chi connectivity index (χ4n) is 1.84. The lowest BCUT2D eigenvalue weighted by Crippen LogP contribution is -2.41. The summed E-state index contributed by atoms with van der Waals surface area (Å²) in [7, 11) is 1.29. The van der Waals surface area contributed by atoms with Crippen LogP contribution in [0.5, 0.6) is 0 Å². The molecule has 1 amide bonds. The number of methoxy groups -OCH3 is 1. The van der Waals surface area contributed by atoms with Gasteiger partial charge in [-0.2, -0.15) is 5.10 Å². The van der Waals surface area contributed by atoms with Crippen LogP contribution >= 0.6 is 0 Å². The van der Waals surface area contributed by atoms with E-state index in [4.69, 9.17) is 10.5 Å². The Morgan fingerprint density at radius 1 is 1.32 bits per heavy atom. The van der Waals surface area contributed by atoms with Crippen molar-refractivity contribution in [3.63, 3.8) is 0 Å². The zero-order valence-corrected chi connectivity index (χ0v) is 11.0. The molecule has 6 nitrogen and oxygen atoms in total. The normalized spacial score (nSPS) is 11.5. The van der Waals surface area contributed by atoms with Crippen LogP contribution in [0.2, 0.25) is 0 Å². The molecule has 100 valence electrons. The van der Waals surface area contributed by atoms with Gasteiger partial charge in [0.2, 0.25) is 5.91 Å². The van der Waals surface area contributed by atoms with Crippen LogP contribution in [0.3, 0.4) is 0 Å². The summed E-state index contributed by atoms with van der Waals surface area (Å²) in [6.45, 7) is 3.30. The maximum atomic E-state index is 11.7. The minimum absolute atomic E-state index is 0.174. The van der Waals surface area contributed by atoms with Crippen LogP contribution in [-0.4, -0.2) is 28.8 Å². The molecular formula is C13H15N3O3. The van der Waals surface area contributed by atoms with Crippen molar-refractivity contribution in [2.75, 3.05) is 7.11 Å². The Morgan fingerprint density at radius 3 is 2.53 bits per heavy atom. The lowest BCUT2D eigenvalue weighted by atomic mass is 10.1. The van der Waals surface area contributed by atoms with Gasteiger partial charge in [0.25, 0.3) is 0 Å². The number of esters is 1. The molecule has 0 aliphatic carbocycles. The highest BCUT2D eigenvalue weighted by Gasteiger charge is 2.32. The largest absolute Gasteiger partial charge is 0.464 e. The van der Waals surface area contributed by atoms with Gasteiger partial charge in [-0.3, -0.25) is 4.79 Å². The van der Waals surface area contributed by atoms with E-state index in [0.717, 1.165) is 0 Å². The van der Waals surface area contributed by atoms with Gasteiger partial charge in [-0.05, 0) is 19.9 Å². The average Bonchev–Trinajstić information content (AvgIpc) is 2.77. The zero-order chi connectivity index (χ0) is 14.2. The minimum Gasteiger partial charge on any atom is -0.464 e. The minimum atomic E-state index is -1.04. The van der Waals surface area contributed by atoms with Crippen LogP contribution in [0, 0.1) is 0 Å². The standard InChI is InChI=1S/C13H15N3O3/c1-13(2,12(14)18)16-9-7-5-4-6-8(9)10(15-16)11(17)19-3/h4-7H,1-3H3,(H2,14,18). The summed E-state index contributed by atoms with van der Waals surface area (Å²) < 4.78 is 6.16. The summed E-state index contributed by atoms with van der Waals surface area (Å²) in [5.41, 5.74) is 5.19. The van der Waals surface area contributed by atoms with E-state index in [0.29, 0.717) is 10.9 Å². The Balaban J connectivity index is 2.77. The van der Waals surface area contributed by atoms with Crippen molar-refractivity contribution in [3.05, 3.63) is 30.0 Å². The monoisotopic (exact) mass is 261 g/mol. The van der Waals surface area contributed by atoms with Crippen molar-refractivity contribution in [3.8, 4) is 0 Å². The Morgan fingerprint density at radius 2 is 1.95 bits per heavy atom. The first-order valence-electron chi connectivity index (χ1n) is 5.76. The third-order valence-corrected chi connectivity index (χ3v) is 3.10. The van der Waals surface area contributed by atoms with Gasteiger partial charge < -0.3 is 10.5 Å². The lowest BCUT2D eigenvalue weighted by molar-refractivity contribution is -0.125. The third kappa shape index (κ3) is 1.95. The van der Waals surface area contributed by atoms with E-state index in [-0.39, 0.29) is 5.69 Å². The summed E-state index contributed by atoms with van der Waals surface area (Å²) in [6.07, 6.45) is 0. The number of aromatic nitrogens is 2. The van der Waals surface area contributed by atoms with Gasteiger partial charge in [0.15, 0.2) is 5.69 Å². The number of benzene rings is 1. The first-order valence-corrected chi connectivity index (χ1v) is 5.76. The molecule has 2 rings (SSSR count). The Hall–Kier alpha value is -2.37. The van der Waals surface area contributed by atoms with Crippen LogP contribution in [-0.2, 0) is 15.1 Å². The topological polar surface area (TPSA) is 87.2 Å². The summed E-state index contributed by atoms with van der Waals surface area (Å²) in [4.78, 5) is 23.3. The number of carbonyl (C=O) groups excluding carboxylic acids is 2. The van der Waals surface area contributed by atoms with Crippen molar-refractivity contribution >= 4 is 22.8 Å². The number of hydrogen-bond acceptors (Lipinski definition) is 4. The Labute approximate surface area is 110 Å². The molecule has 0 aliphatic rings. The number of hydrogen-bond donors (Lipinski definition) is 1. The van der Waals surface area contributed by atoms with Crippen LogP contribution in [0.4, 0.5) is 0 Å².